The van der Waals surface area contributed by atoms with Crippen molar-refractivity contribution in [2.45, 2.75) is 13.5 Å². The lowest BCUT2D eigenvalue weighted by Crippen LogP contribution is -1.95. The van der Waals surface area contributed by atoms with Crippen molar-refractivity contribution in [2.24, 2.45) is 0 Å². The first-order valence-corrected chi connectivity index (χ1v) is 5.21. The van der Waals surface area contributed by atoms with Crippen molar-refractivity contribution in [1.82, 2.24) is 9.78 Å². The summed E-state index contributed by atoms with van der Waals surface area (Å²) in [5, 5.41) is 5.79. The SMILES string of the molecule is CCn1nc(Cl)c2ccc(Br)cc21. The lowest BCUT2D eigenvalue weighted by molar-refractivity contribution is 0.684. The Morgan fingerprint density at radius 1 is 1.54 bits per heavy atom. The van der Waals surface area contributed by atoms with Gasteiger partial charge in [0.05, 0.1) is 5.52 Å². The van der Waals surface area contributed by atoms with E-state index < -0.39 is 0 Å². The predicted molar refractivity (Wildman–Crippen MR) is 58.1 cm³/mol. The lowest BCUT2D eigenvalue weighted by Gasteiger charge is -1.97. The molecule has 68 valence electrons. The summed E-state index contributed by atoms with van der Waals surface area (Å²) in [6, 6.07) is 5.97. The Bertz CT molecular complexity index is 450. The van der Waals surface area contributed by atoms with Crippen LogP contribution < -0.4 is 0 Å². The maximum atomic E-state index is 5.96. The average Bonchev–Trinajstić information content (AvgIpc) is 2.42. The van der Waals surface area contributed by atoms with E-state index in [2.05, 4.69) is 21.0 Å². The van der Waals surface area contributed by atoms with Crippen molar-refractivity contribution in [2.75, 3.05) is 0 Å². The molecule has 2 rings (SSSR count). The molecule has 0 saturated heterocycles. The Morgan fingerprint density at radius 3 is 3.00 bits per heavy atom. The molecule has 2 nitrogen and oxygen atoms in total. The molecule has 13 heavy (non-hydrogen) atoms. The highest BCUT2D eigenvalue weighted by Gasteiger charge is 2.06. The third kappa shape index (κ3) is 1.46. The van der Waals surface area contributed by atoms with Crippen LogP contribution in [0.3, 0.4) is 0 Å². The quantitative estimate of drug-likeness (QED) is 0.767. The van der Waals surface area contributed by atoms with E-state index >= 15 is 0 Å². The Balaban J connectivity index is 2.81. The Labute approximate surface area is 89.6 Å². The van der Waals surface area contributed by atoms with Gasteiger partial charge in [0.2, 0.25) is 0 Å². The van der Waals surface area contributed by atoms with E-state index in [1.807, 2.05) is 29.8 Å². The molecule has 0 bridgehead atoms. The van der Waals surface area contributed by atoms with Crippen LogP contribution in [0, 0.1) is 0 Å². The number of nitrogens with zero attached hydrogens (tertiary/aromatic N) is 2. The molecule has 0 fully saturated rings. The standard InChI is InChI=1S/C9H8BrClN2/c1-2-13-8-5-6(10)3-4-7(8)9(11)12-13/h3-5H,2H2,1H3. The van der Waals surface area contributed by atoms with Crippen molar-refractivity contribution < 1.29 is 0 Å². The first-order chi connectivity index (χ1) is 6.22. The maximum absolute atomic E-state index is 5.96. The lowest BCUT2D eigenvalue weighted by atomic mass is 10.2. The minimum Gasteiger partial charge on any atom is -0.264 e. The summed E-state index contributed by atoms with van der Waals surface area (Å²) in [5.74, 6) is 0. The van der Waals surface area contributed by atoms with Crippen molar-refractivity contribution in [1.29, 1.82) is 0 Å². The smallest absolute Gasteiger partial charge is 0.158 e. The van der Waals surface area contributed by atoms with Crippen LogP contribution in [0.25, 0.3) is 10.9 Å². The minimum atomic E-state index is 0.573. The molecule has 0 atom stereocenters. The third-order valence-electron chi connectivity index (χ3n) is 1.97. The zero-order chi connectivity index (χ0) is 9.42. The normalized spacial score (nSPS) is 11.0. The molecule has 1 aromatic carbocycles. The van der Waals surface area contributed by atoms with E-state index in [4.69, 9.17) is 11.6 Å². The second-order valence-corrected chi connectivity index (χ2v) is 4.04. The van der Waals surface area contributed by atoms with Crippen molar-refractivity contribution in [3.63, 3.8) is 0 Å². The van der Waals surface area contributed by atoms with Gasteiger partial charge in [0.1, 0.15) is 0 Å². The van der Waals surface area contributed by atoms with Crippen LogP contribution >= 0.6 is 27.5 Å². The molecule has 1 aromatic heterocycles. The first kappa shape index (κ1) is 9.03. The summed E-state index contributed by atoms with van der Waals surface area (Å²) in [6.07, 6.45) is 0. The molecule has 4 heteroatoms. The van der Waals surface area contributed by atoms with Crippen LogP contribution in [0.2, 0.25) is 5.15 Å². The van der Waals surface area contributed by atoms with E-state index in [1.54, 1.807) is 0 Å². The highest BCUT2D eigenvalue weighted by atomic mass is 79.9. The summed E-state index contributed by atoms with van der Waals surface area (Å²) in [7, 11) is 0. The summed E-state index contributed by atoms with van der Waals surface area (Å²) < 4.78 is 2.94. The van der Waals surface area contributed by atoms with Crippen molar-refractivity contribution in [3.8, 4) is 0 Å². The number of aromatic nitrogens is 2. The number of hydrogen-bond acceptors (Lipinski definition) is 1. The van der Waals surface area contributed by atoms with Crippen LogP contribution in [0.4, 0.5) is 0 Å². The second-order valence-electron chi connectivity index (χ2n) is 2.77. The topological polar surface area (TPSA) is 17.8 Å². The van der Waals surface area contributed by atoms with Gasteiger partial charge in [0, 0.05) is 16.4 Å². The summed E-state index contributed by atoms with van der Waals surface area (Å²) in [6.45, 7) is 2.88. The van der Waals surface area contributed by atoms with Gasteiger partial charge in [-0.05, 0) is 25.1 Å². The van der Waals surface area contributed by atoms with Gasteiger partial charge in [-0.15, -0.1) is 0 Å². The largest absolute Gasteiger partial charge is 0.264 e. The van der Waals surface area contributed by atoms with E-state index in [1.165, 1.54) is 0 Å². The van der Waals surface area contributed by atoms with Crippen molar-refractivity contribution >= 4 is 38.4 Å². The number of halogens is 2. The summed E-state index contributed by atoms with van der Waals surface area (Å²) >= 11 is 9.38. The van der Waals surface area contributed by atoms with Gasteiger partial charge >= 0.3 is 0 Å². The van der Waals surface area contributed by atoms with Gasteiger partial charge in [0.15, 0.2) is 5.15 Å². The Morgan fingerprint density at radius 2 is 2.31 bits per heavy atom. The summed E-state index contributed by atoms with van der Waals surface area (Å²) in [4.78, 5) is 0. The zero-order valence-electron chi connectivity index (χ0n) is 7.09. The van der Waals surface area contributed by atoms with Crippen LogP contribution in [-0.4, -0.2) is 9.78 Å². The molecule has 0 unspecified atom stereocenters. The fourth-order valence-corrected chi connectivity index (χ4v) is 1.95. The van der Waals surface area contributed by atoms with Crippen LogP contribution in [0.5, 0.6) is 0 Å². The molecule has 0 aliphatic rings. The van der Waals surface area contributed by atoms with Crippen LogP contribution in [0.1, 0.15) is 6.92 Å². The van der Waals surface area contributed by atoms with Gasteiger partial charge in [0.25, 0.3) is 0 Å². The molecule has 0 spiro atoms. The van der Waals surface area contributed by atoms with Gasteiger partial charge in [-0.25, -0.2) is 0 Å². The van der Waals surface area contributed by atoms with Crippen molar-refractivity contribution in [3.05, 3.63) is 27.8 Å². The fourth-order valence-electron chi connectivity index (χ4n) is 1.35. The molecule has 0 aliphatic carbocycles. The second kappa shape index (κ2) is 3.31. The monoisotopic (exact) mass is 258 g/mol. The minimum absolute atomic E-state index is 0.573. The average molecular weight is 260 g/mol. The molecular formula is C9H8BrClN2. The Hall–Kier alpha value is -0.540. The molecule has 2 aromatic rings. The summed E-state index contributed by atoms with van der Waals surface area (Å²) in [5.41, 5.74) is 1.07. The maximum Gasteiger partial charge on any atom is 0.158 e. The predicted octanol–water partition coefficient (Wildman–Crippen LogP) is 3.47. The highest BCUT2D eigenvalue weighted by Crippen LogP contribution is 2.25. The number of rotatable bonds is 1. The number of hydrogen-bond donors (Lipinski definition) is 0. The third-order valence-corrected chi connectivity index (χ3v) is 2.74. The fraction of sp³-hybridized carbons (Fsp3) is 0.222. The zero-order valence-corrected chi connectivity index (χ0v) is 9.43. The van der Waals surface area contributed by atoms with Gasteiger partial charge in [-0.2, -0.15) is 5.10 Å². The number of fused-ring (bicyclic) bond motifs is 1. The number of benzene rings is 1. The van der Waals surface area contributed by atoms with E-state index in [0.29, 0.717) is 5.15 Å². The molecular weight excluding hydrogens is 251 g/mol. The van der Waals surface area contributed by atoms with Gasteiger partial charge < -0.3 is 0 Å². The Kier molecular flexibility index (Phi) is 2.30. The molecule has 0 aliphatic heterocycles. The molecule has 0 amide bonds. The number of aryl methyl sites for hydroxylation is 1. The first-order valence-electron chi connectivity index (χ1n) is 4.04. The molecule has 0 N–H and O–H groups in total. The van der Waals surface area contributed by atoms with Crippen LogP contribution in [0.15, 0.2) is 22.7 Å². The molecule has 1 heterocycles. The van der Waals surface area contributed by atoms with Gasteiger partial charge in [-0.3, -0.25) is 4.68 Å². The van der Waals surface area contributed by atoms with E-state index in [0.717, 1.165) is 21.9 Å². The van der Waals surface area contributed by atoms with E-state index in [-0.39, 0.29) is 0 Å². The highest BCUT2D eigenvalue weighted by molar-refractivity contribution is 9.10. The molecule has 0 radical (unpaired) electrons. The van der Waals surface area contributed by atoms with Gasteiger partial charge in [-0.1, -0.05) is 27.5 Å². The molecule has 0 saturated carbocycles. The van der Waals surface area contributed by atoms with E-state index in [9.17, 15) is 0 Å². The van der Waals surface area contributed by atoms with Crippen LogP contribution in [-0.2, 0) is 6.54 Å².